The van der Waals surface area contributed by atoms with Crippen molar-refractivity contribution in [3.05, 3.63) is 46.7 Å². The number of rotatable bonds is 8. The predicted molar refractivity (Wildman–Crippen MR) is 99.9 cm³/mol. The zero-order valence-corrected chi connectivity index (χ0v) is 14.8. The van der Waals surface area contributed by atoms with E-state index >= 15 is 0 Å². The van der Waals surface area contributed by atoms with E-state index in [9.17, 15) is 14.4 Å². The van der Waals surface area contributed by atoms with Gasteiger partial charge < -0.3 is 16.0 Å². The average Bonchev–Trinajstić information content (AvgIpc) is 3.13. The Kier molecular flexibility index (Phi) is 7.16. The fourth-order valence-corrected chi connectivity index (χ4v) is 2.73. The van der Waals surface area contributed by atoms with Gasteiger partial charge in [-0.3, -0.25) is 14.4 Å². The standard InChI is InChI=1S/C18H21N3O3S/c1-2-16(22)20-14-5-3-6-15(11-14)21-17(23)7-4-9-19-18(24)13-8-10-25-12-13/h3,5-6,8,10-12H,2,4,7,9H2,1H3,(H,19,24)(H,20,22)(H,21,23). The first-order valence-corrected chi connectivity index (χ1v) is 9.03. The molecule has 0 fully saturated rings. The SMILES string of the molecule is CCC(=O)Nc1cccc(NC(=O)CCCNC(=O)c2ccsc2)c1. The van der Waals surface area contributed by atoms with Crippen molar-refractivity contribution < 1.29 is 14.4 Å². The van der Waals surface area contributed by atoms with Crippen molar-refractivity contribution in [1.29, 1.82) is 0 Å². The molecule has 0 spiro atoms. The van der Waals surface area contributed by atoms with Gasteiger partial charge in [0.2, 0.25) is 11.8 Å². The van der Waals surface area contributed by atoms with Crippen LogP contribution in [0.3, 0.4) is 0 Å². The first kappa shape index (κ1) is 18.7. The van der Waals surface area contributed by atoms with Gasteiger partial charge in [-0.1, -0.05) is 13.0 Å². The molecule has 3 amide bonds. The van der Waals surface area contributed by atoms with Crippen molar-refractivity contribution in [3.8, 4) is 0 Å². The molecule has 1 aromatic heterocycles. The number of nitrogens with one attached hydrogen (secondary N) is 3. The van der Waals surface area contributed by atoms with Crippen molar-refractivity contribution in [2.75, 3.05) is 17.2 Å². The van der Waals surface area contributed by atoms with Crippen LogP contribution in [0.1, 0.15) is 36.5 Å². The minimum Gasteiger partial charge on any atom is -0.352 e. The summed E-state index contributed by atoms with van der Waals surface area (Å²) in [5.74, 6) is -0.338. The van der Waals surface area contributed by atoms with Crippen molar-refractivity contribution in [1.82, 2.24) is 5.32 Å². The van der Waals surface area contributed by atoms with Crippen molar-refractivity contribution in [2.24, 2.45) is 0 Å². The zero-order valence-electron chi connectivity index (χ0n) is 14.0. The summed E-state index contributed by atoms with van der Waals surface area (Å²) in [5.41, 5.74) is 1.91. The molecular formula is C18H21N3O3S. The van der Waals surface area contributed by atoms with E-state index in [-0.39, 0.29) is 17.7 Å². The van der Waals surface area contributed by atoms with Crippen LogP contribution in [-0.4, -0.2) is 24.3 Å². The molecule has 1 heterocycles. The molecule has 3 N–H and O–H groups in total. The highest BCUT2D eigenvalue weighted by molar-refractivity contribution is 7.08. The van der Waals surface area contributed by atoms with E-state index in [1.54, 1.807) is 42.6 Å². The lowest BCUT2D eigenvalue weighted by molar-refractivity contribution is -0.116. The second-order valence-corrected chi connectivity index (χ2v) is 6.18. The quantitative estimate of drug-likeness (QED) is 0.632. The summed E-state index contributed by atoms with van der Waals surface area (Å²) in [5, 5.41) is 11.9. The van der Waals surface area contributed by atoms with E-state index in [2.05, 4.69) is 16.0 Å². The first-order valence-electron chi connectivity index (χ1n) is 8.08. The summed E-state index contributed by atoms with van der Waals surface area (Å²) in [6.07, 6.45) is 1.25. The Bertz CT molecular complexity index is 729. The third-order valence-electron chi connectivity index (χ3n) is 3.40. The molecule has 132 valence electrons. The number of carbonyl (C=O) groups is 3. The van der Waals surface area contributed by atoms with Crippen LogP contribution in [0.2, 0.25) is 0 Å². The minimum atomic E-state index is -0.135. The van der Waals surface area contributed by atoms with Gasteiger partial charge in [-0.15, -0.1) is 0 Å². The van der Waals surface area contributed by atoms with Gasteiger partial charge in [0.25, 0.3) is 5.91 Å². The lowest BCUT2D eigenvalue weighted by Crippen LogP contribution is -2.25. The van der Waals surface area contributed by atoms with Gasteiger partial charge in [0.05, 0.1) is 0 Å². The normalized spacial score (nSPS) is 10.1. The molecule has 0 bridgehead atoms. The number of carbonyl (C=O) groups excluding carboxylic acids is 3. The van der Waals surface area contributed by atoms with Crippen molar-refractivity contribution in [2.45, 2.75) is 26.2 Å². The van der Waals surface area contributed by atoms with Crippen molar-refractivity contribution >= 4 is 40.4 Å². The van der Waals surface area contributed by atoms with E-state index in [1.165, 1.54) is 11.3 Å². The highest BCUT2D eigenvalue weighted by Crippen LogP contribution is 2.15. The Labute approximate surface area is 150 Å². The fourth-order valence-electron chi connectivity index (χ4n) is 2.09. The summed E-state index contributed by atoms with van der Waals surface area (Å²) >= 11 is 1.47. The molecule has 2 aromatic rings. The molecule has 25 heavy (non-hydrogen) atoms. The maximum absolute atomic E-state index is 12.0. The summed E-state index contributed by atoms with van der Waals surface area (Å²) < 4.78 is 0. The predicted octanol–water partition coefficient (Wildman–Crippen LogP) is 3.25. The van der Waals surface area contributed by atoms with Crippen LogP contribution >= 0.6 is 11.3 Å². The zero-order chi connectivity index (χ0) is 18.1. The molecule has 0 saturated carbocycles. The molecular weight excluding hydrogens is 338 g/mol. The van der Waals surface area contributed by atoms with E-state index in [1.807, 2.05) is 5.38 Å². The molecule has 6 nitrogen and oxygen atoms in total. The Morgan fingerprint density at radius 3 is 2.40 bits per heavy atom. The van der Waals surface area contributed by atoms with E-state index < -0.39 is 0 Å². The molecule has 0 saturated heterocycles. The van der Waals surface area contributed by atoms with Gasteiger partial charge in [0.1, 0.15) is 0 Å². The van der Waals surface area contributed by atoms with Gasteiger partial charge in [0.15, 0.2) is 0 Å². The lowest BCUT2D eigenvalue weighted by atomic mass is 10.2. The number of anilines is 2. The van der Waals surface area contributed by atoms with Crippen LogP contribution in [-0.2, 0) is 9.59 Å². The summed E-state index contributed by atoms with van der Waals surface area (Å²) in [6, 6.07) is 8.77. The number of amides is 3. The van der Waals surface area contributed by atoms with Crippen LogP contribution < -0.4 is 16.0 Å². The Balaban J connectivity index is 1.72. The molecule has 0 aliphatic carbocycles. The third kappa shape index (κ3) is 6.39. The van der Waals surface area contributed by atoms with Crippen LogP contribution in [0.25, 0.3) is 0 Å². The molecule has 0 radical (unpaired) electrons. The van der Waals surface area contributed by atoms with E-state index in [0.717, 1.165) is 0 Å². The monoisotopic (exact) mass is 359 g/mol. The molecule has 0 aliphatic heterocycles. The average molecular weight is 359 g/mol. The Morgan fingerprint density at radius 2 is 1.76 bits per heavy atom. The van der Waals surface area contributed by atoms with Gasteiger partial charge >= 0.3 is 0 Å². The summed E-state index contributed by atoms with van der Waals surface area (Å²) in [7, 11) is 0. The molecule has 0 unspecified atom stereocenters. The number of benzene rings is 1. The number of hydrogen-bond donors (Lipinski definition) is 3. The second kappa shape index (κ2) is 9.58. The van der Waals surface area contributed by atoms with E-state index in [0.29, 0.717) is 42.7 Å². The molecule has 7 heteroatoms. The van der Waals surface area contributed by atoms with Crippen molar-refractivity contribution in [3.63, 3.8) is 0 Å². The highest BCUT2D eigenvalue weighted by atomic mass is 32.1. The van der Waals surface area contributed by atoms with Gasteiger partial charge in [-0.2, -0.15) is 11.3 Å². The number of hydrogen-bond acceptors (Lipinski definition) is 4. The first-order chi connectivity index (χ1) is 12.1. The van der Waals surface area contributed by atoms with Crippen LogP contribution in [0, 0.1) is 0 Å². The second-order valence-electron chi connectivity index (χ2n) is 5.40. The van der Waals surface area contributed by atoms with Crippen LogP contribution in [0.5, 0.6) is 0 Å². The van der Waals surface area contributed by atoms with Gasteiger partial charge in [-0.05, 0) is 36.1 Å². The Morgan fingerprint density at radius 1 is 1.04 bits per heavy atom. The number of thiophene rings is 1. The largest absolute Gasteiger partial charge is 0.352 e. The van der Waals surface area contributed by atoms with E-state index in [4.69, 9.17) is 0 Å². The third-order valence-corrected chi connectivity index (χ3v) is 4.08. The van der Waals surface area contributed by atoms with Gasteiger partial charge in [0, 0.05) is 41.7 Å². The summed E-state index contributed by atoms with van der Waals surface area (Å²) in [6.45, 7) is 2.22. The van der Waals surface area contributed by atoms with Crippen LogP contribution in [0.15, 0.2) is 41.1 Å². The summed E-state index contributed by atoms with van der Waals surface area (Å²) in [4.78, 5) is 35.1. The molecule has 0 atom stereocenters. The van der Waals surface area contributed by atoms with Crippen LogP contribution in [0.4, 0.5) is 11.4 Å². The minimum absolute atomic E-state index is 0.0789. The lowest BCUT2D eigenvalue weighted by Gasteiger charge is -2.08. The fraction of sp³-hybridized carbons (Fsp3) is 0.278. The molecule has 2 rings (SSSR count). The topological polar surface area (TPSA) is 87.3 Å². The van der Waals surface area contributed by atoms with Gasteiger partial charge in [-0.25, -0.2) is 0 Å². The maximum Gasteiger partial charge on any atom is 0.252 e. The molecule has 0 aliphatic rings. The highest BCUT2D eigenvalue weighted by Gasteiger charge is 2.07. The molecule has 1 aromatic carbocycles. The maximum atomic E-state index is 12.0. The smallest absolute Gasteiger partial charge is 0.252 e. The Hall–Kier alpha value is -2.67.